The van der Waals surface area contributed by atoms with E-state index in [1.807, 2.05) is 29.2 Å². The molecule has 1 saturated heterocycles. The predicted molar refractivity (Wildman–Crippen MR) is 94.4 cm³/mol. The molecule has 0 bridgehead atoms. The largest absolute Gasteiger partial charge is 0.355 e. The van der Waals surface area contributed by atoms with Crippen molar-refractivity contribution in [1.29, 1.82) is 0 Å². The fourth-order valence-corrected chi connectivity index (χ4v) is 2.98. The molecule has 5 nitrogen and oxygen atoms in total. The molecule has 6 heteroatoms. The fourth-order valence-electron chi connectivity index (χ4n) is 2.58. The summed E-state index contributed by atoms with van der Waals surface area (Å²) in [5.74, 6) is 0.128. The number of benzene rings is 1. The molecule has 0 unspecified atom stereocenters. The van der Waals surface area contributed by atoms with Gasteiger partial charge in [0.2, 0.25) is 5.91 Å². The van der Waals surface area contributed by atoms with Crippen molar-refractivity contribution in [1.82, 2.24) is 15.1 Å². The van der Waals surface area contributed by atoms with Crippen molar-refractivity contribution in [2.75, 3.05) is 39.3 Å². The van der Waals surface area contributed by atoms with E-state index in [0.29, 0.717) is 25.2 Å². The summed E-state index contributed by atoms with van der Waals surface area (Å²) >= 11 is 3.39. The summed E-state index contributed by atoms with van der Waals surface area (Å²) < 4.78 is 0.908. The maximum absolute atomic E-state index is 12.5. The quantitative estimate of drug-likeness (QED) is 0.767. The molecule has 126 valence electrons. The van der Waals surface area contributed by atoms with E-state index >= 15 is 0 Å². The van der Waals surface area contributed by atoms with Crippen LogP contribution in [-0.4, -0.2) is 60.9 Å². The van der Waals surface area contributed by atoms with Crippen LogP contribution in [0.4, 0.5) is 0 Å². The number of carbonyl (C=O) groups excluding carboxylic acids is 2. The number of carbonyl (C=O) groups is 2. The highest BCUT2D eigenvalue weighted by atomic mass is 79.9. The van der Waals surface area contributed by atoms with Gasteiger partial charge in [0.1, 0.15) is 0 Å². The molecule has 0 saturated carbocycles. The molecule has 1 aromatic carbocycles. The summed E-state index contributed by atoms with van der Waals surface area (Å²) in [6.45, 7) is 6.07. The number of hydrogen-bond acceptors (Lipinski definition) is 3. The molecular weight excluding hydrogens is 358 g/mol. The Balaban J connectivity index is 1.77. The van der Waals surface area contributed by atoms with Gasteiger partial charge >= 0.3 is 0 Å². The number of rotatable bonds is 6. The maximum Gasteiger partial charge on any atom is 0.253 e. The van der Waals surface area contributed by atoms with Crippen molar-refractivity contribution in [3.63, 3.8) is 0 Å². The number of amides is 2. The average Bonchev–Trinajstić information content (AvgIpc) is 2.55. The Hall–Kier alpha value is -1.40. The van der Waals surface area contributed by atoms with Crippen molar-refractivity contribution in [3.05, 3.63) is 34.3 Å². The normalized spacial score (nSPS) is 15.5. The van der Waals surface area contributed by atoms with Crippen LogP contribution in [0.25, 0.3) is 0 Å². The summed E-state index contributed by atoms with van der Waals surface area (Å²) in [6.07, 6.45) is 2.09. The Morgan fingerprint density at radius 1 is 1.22 bits per heavy atom. The Kier molecular flexibility index (Phi) is 7.05. The lowest BCUT2D eigenvalue weighted by atomic mass is 10.2. The molecule has 23 heavy (non-hydrogen) atoms. The first-order valence-corrected chi connectivity index (χ1v) is 8.93. The van der Waals surface area contributed by atoms with Crippen LogP contribution in [-0.2, 0) is 4.79 Å². The summed E-state index contributed by atoms with van der Waals surface area (Å²) in [5, 5.41) is 2.93. The summed E-state index contributed by atoms with van der Waals surface area (Å²) in [6, 6.07) is 7.45. The van der Waals surface area contributed by atoms with Crippen LogP contribution in [0.2, 0.25) is 0 Å². The minimum atomic E-state index is 0.0540. The molecule has 1 heterocycles. The van der Waals surface area contributed by atoms with Crippen LogP contribution in [0, 0.1) is 0 Å². The SMILES string of the molecule is CCCCNC(=O)CN1CCN(C(=O)c2cccc(Br)c2)CC1. The number of nitrogens with zero attached hydrogens (tertiary/aromatic N) is 2. The van der Waals surface area contributed by atoms with Crippen molar-refractivity contribution in [2.45, 2.75) is 19.8 Å². The van der Waals surface area contributed by atoms with E-state index in [1.54, 1.807) is 0 Å². The predicted octanol–water partition coefficient (Wildman–Crippen LogP) is 2.12. The molecule has 0 aromatic heterocycles. The maximum atomic E-state index is 12.5. The van der Waals surface area contributed by atoms with E-state index in [2.05, 4.69) is 33.1 Å². The van der Waals surface area contributed by atoms with Crippen LogP contribution in [0.15, 0.2) is 28.7 Å². The second-order valence-electron chi connectivity index (χ2n) is 5.78. The summed E-state index contributed by atoms with van der Waals surface area (Å²) in [7, 11) is 0. The van der Waals surface area contributed by atoms with Crippen LogP contribution >= 0.6 is 15.9 Å². The van der Waals surface area contributed by atoms with Gasteiger partial charge in [0.05, 0.1) is 6.54 Å². The Morgan fingerprint density at radius 3 is 2.61 bits per heavy atom. The van der Waals surface area contributed by atoms with Gasteiger partial charge in [0.25, 0.3) is 5.91 Å². The van der Waals surface area contributed by atoms with Gasteiger partial charge in [0.15, 0.2) is 0 Å². The number of unbranched alkanes of at least 4 members (excludes halogenated alkanes) is 1. The molecule has 1 aliphatic rings. The van der Waals surface area contributed by atoms with Crippen molar-refractivity contribution in [2.24, 2.45) is 0 Å². The van der Waals surface area contributed by atoms with Crippen LogP contribution in [0.1, 0.15) is 30.1 Å². The van der Waals surface area contributed by atoms with Gasteiger partial charge in [0, 0.05) is 42.8 Å². The third-order valence-electron chi connectivity index (χ3n) is 3.95. The third-order valence-corrected chi connectivity index (χ3v) is 4.44. The molecular formula is C17H24BrN3O2. The van der Waals surface area contributed by atoms with E-state index in [4.69, 9.17) is 0 Å². The monoisotopic (exact) mass is 381 g/mol. The Bertz CT molecular complexity index is 542. The van der Waals surface area contributed by atoms with E-state index in [-0.39, 0.29) is 11.8 Å². The van der Waals surface area contributed by atoms with Crippen LogP contribution in [0.5, 0.6) is 0 Å². The highest BCUT2D eigenvalue weighted by molar-refractivity contribution is 9.10. The second kappa shape index (κ2) is 9.03. The molecule has 1 aliphatic heterocycles. The zero-order valence-corrected chi connectivity index (χ0v) is 15.1. The Labute approximate surface area is 146 Å². The summed E-state index contributed by atoms with van der Waals surface area (Å²) in [5.41, 5.74) is 0.699. The zero-order chi connectivity index (χ0) is 16.7. The van der Waals surface area contributed by atoms with Crippen LogP contribution < -0.4 is 5.32 Å². The van der Waals surface area contributed by atoms with Crippen LogP contribution in [0.3, 0.4) is 0 Å². The van der Waals surface area contributed by atoms with E-state index < -0.39 is 0 Å². The van der Waals surface area contributed by atoms with Gasteiger partial charge in [-0.15, -0.1) is 0 Å². The van der Waals surface area contributed by atoms with Gasteiger partial charge in [-0.3, -0.25) is 14.5 Å². The highest BCUT2D eigenvalue weighted by Crippen LogP contribution is 2.14. The minimum Gasteiger partial charge on any atom is -0.355 e. The lowest BCUT2D eigenvalue weighted by Crippen LogP contribution is -2.51. The molecule has 0 atom stereocenters. The van der Waals surface area contributed by atoms with Crippen molar-refractivity contribution in [3.8, 4) is 0 Å². The second-order valence-corrected chi connectivity index (χ2v) is 6.70. The first-order valence-electron chi connectivity index (χ1n) is 8.14. The highest BCUT2D eigenvalue weighted by Gasteiger charge is 2.23. The molecule has 1 aromatic rings. The van der Waals surface area contributed by atoms with Gasteiger partial charge in [-0.05, 0) is 24.6 Å². The average molecular weight is 382 g/mol. The van der Waals surface area contributed by atoms with Crippen molar-refractivity contribution < 1.29 is 9.59 Å². The third kappa shape index (κ3) is 5.62. The summed E-state index contributed by atoms with van der Waals surface area (Å²) in [4.78, 5) is 28.2. The first kappa shape index (κ1) is 17.9. The minimum absolute atomic E-state index is 0.0540. The lowest BCUT2D eigenvalue weighted by molar-refractivity contribution is -0.122. The molecule has 1 fully saturated rings. The molecule has 0 radical (unpaired) electrons. The van der Waals surface area contributed by atoms with Gasteiger partial charge in [-0.1, -0.05) is 35.3 Å². The van der Waals surface area contributed by atoms with Gasteiger partial charge in [-0.25, -0.2) is 0 Å². The topological polar surface area (TPSA) is 52.7 Å². The smallest absolute Gasteiger partial charge is 0.253 e. The van der Waals surface area contributed by atoms with E-state index in [0.717, 1.165) is 36.9 Å². The Morgan fingerprint density at radius 2 is 1.96 bits per heavy atom. The van der Waals surface area contributed by atoms with E-state index in [1.165, 1.54) is 0 Å². The fraction of sp³-hybridized carbons (Fsp3) is 0.529. The first-order chi connectivity index (χ1) is 11.1. The molecule has 2 rings (SSSR count). The molecule has 1 N–H and O–H groups in total. The number of halogens is 1. The number of nitrogens with one attached hydrogen (secondary N) is 1. The molecule has 2 amide bonds. The number of hydrogen-bond donors (Lipinski definition) is 1. The molecule has 0 spiro atoms. The van der Waals surface area contributed by atoms with E-state index in [9.17, 15) is 9.59 Å². The van der Waals surface area contributed by atoms with Gasteiger partial charge < -0.3 is 10.2 Å². The lowest BCUT2D eigenvalue weighted by Gasteiger charge is -2.34. The zero-order valence-electron chi connectivity index (χ0n) is 13.6. The standard InChI is InChI=1S/C17H24BrN3O2/c1-2-3-7-19-16(22)13-20-8-10-21(11-9-20)17(23)14-5-4-6-15(18)12-14/h4-6,12H,2-3,7-11,13H2,1H3,(H,19,22). The molecule has 0 aliphatic carbocycles. The number of piperazine rings is 1. The van der Waals surface area contributed by atoms with Crippen molar-refractivity contribution >= 4 is 27.7 Å². The van der Waals surface area contributed by atoms with Gasteiger partial charge in [-0.2, -0.15) is 0 Å².